The van der Waals surface area contributed by atoms with E-state index in [1.54, 1.807) is 0 Å². The van der Waals surface area contributed by atoms with Crippen molar-refractivity contribution in [1.29, 1.82) is 0 Å². The Labute approximate surface area is 229 Å². The van der Waals surface area contributed by atoms with Crippen LogP contribution >= 0.6 is 0 Å². The van der Waals surface area contributed by atoms with E-state index in [2.05, 4.69) is 122 Å². The summed E-state index contributed by atoms with van der Waals surface area (Å²) in [6, 6.07) is 31.3. The van der Waals surface area contributed by atoms with Crippen LogP contribution in [0.25, 0.3) is 33.1 Å². The maximum absolute atomic E-state index is 6.38. The zero-order chi connectivity index (χ0) is 26.0. The van der Waals surface area contributed by atoms with Crippen molar-refractivity contribution in [1.82, 2.24) is 0 Å². The summed E-state index contributed by atoms with van der Waals surface area (Å²) in [5.74, 6) is 0.432. The van der Waals surface area contributed by atoms with Crippen LogP contribution in [-0.2, 0) is 5.41 Å². The van der Waals surface area contributed by atoms with Crippen LogP contribution in [-0.4, -0.2) is 0 Å². The number of hydrogen-bond donors (Lipinski definition) is 0. The molecule has 188 valence electrons. The molecule has 0 fully saturated rings. The fourth-order valence-electron chi connectivity index (χ4n) is 7.42. The molecule has 1 aromatic heterocycles. The van der Waals surface area contributed by atoms with Gasteiger partial charge >= 0.3 is 0 Å². The van der Waals surface area contributed by atoms with E-state index in [-0.39, 0.29) is 5.41 Å². The van der Waals surface area contributed by atoms with Gasteiger partial charge in [0, 0.05) is 22.3 Å². The molecule has 0 radical (unpaired) electrons. The summed E-state index contributed by atoms with van der Waals surface area (Å²) in [5.41, 5.74) is 12.7. The monoisotopic (exact) mass is 502 g/mol. The van der Waals surface area contributed by atoms with Crippen LogP contribution in [0, 0.1) is 6.92 Å². The molecular formula is C38H30O. The average Bonchev–Trinajstić information content (AvgIpc) is 3.51. The molecule has 5 aromatic rings. The first kappa shape index (κ1) is 22.6. The van der Waals surface area contributed by atoms with Crippen molar-refractivity contribution in [2.24, 2.45) is 0 Å². The zero-order valence-electron chi connectivity index (χ0n) is 22.2. The van der Waals surface area contributed by atoms with Crippen molar-refractivity contribution in [3.8, 4) is 11.1 Å². The molecule has 1 heteroatoms. The summed E-state index contributed by atoms with van der Waals surface area (Å²) in [4.78, 5) is 0. The average molecular weight is 503 g/mol. The lowest BCUT2D eigenvalue weighted by Crippen LogP contribution is -2.31. The van der Waals surface area contributed by atoms with Crippen molar-refractivity contribution in [3.63, 3.8) is 0 Å². The largest absolute Gasteiger partial charge is 0.455 e. The number of para-hydroxylation sites is 2. The quantitative estimate of drug-likeness (QED) is 0.239. The molecule has 39 heavy (non-hydrogen) atoms. The normalized spacial score (nSPS) is 21.6. The Morgan fingerprint density at radius 2 is 1.64 bits per heavy atom. The van der Waals surface area contributed by atoms with E-state index >= 15 is 0 Å². The molecule has 2 atom stereocenters. The van der Waals surface area contributed by atoms with Crippen LogP contribution < -0.4 is 0 Å². The highest BCUT2D eigenvalue weighted by molar-refractivity contribution is 6.09. The van der Waals surface area contributed by atoms with E-state index in [4.69, 9.17) is 4.42 Å². The van der Waals surface area contributed by atoms with Gasteiger partial charge in [-0.25, -0.2) is 0 Å². The van der Waals surface area contributed by atoms with Gasteiger partial charge in [-0.3, -0.25) is 0 Å². The second kappa shape index (κ2) is 8.58. The summed E-state index contributed by atoms with van der Waals surface area (Å²) < 4.78 is 6.38. The Kier molecular flexibility index (Phi) is 4.97. The molecule has 8 rings (SSSR count). The first-order valence-corrected chi connectivity index (χ1v) is 14.1. The van der Waals surface area contributed by atoms with Gasteiger partial charge in [0.15, 0.2) is 0 Å². The molecule has 1 nitrogen and oxygen atoms in total. The standard InChI is InChI=1S/C38H30O/c1-25-18-23-31-30-12-5-7-16-34(30)38(35(31)24-25,27-10-3-2-4-11-27)28-21-19-26(20-22-28)29-14-9-15-33-32-13-6-8-17-36(32)39-37(29)33/h2-3,5-10,13-24,30H,4,11-12H2,1H3. The summed E-state index contributed by atoms with van der Waals surface area (Å²) in [7, 11) is 0. The summed E-state index contributed by atoms with van der Waals surface area (Å²) >= 11 is 0. The number of fused-ring (bicyclic) bond motifs is 6. The third-order valence-electron chi connectivity index (χ3n) is 9.11. The minimum atomic E-state index is -0.231. The van der Waals surface area contributed by atoms with E-state index in [1.165, 1.54) is 49.7 Å². The van der Waals surface area contributed by atoms with Crippen LogP contribution in [0.5, 0.6) is 0 Å². The van der Waals surface area contributed by atoms with Gasteiger partial charge in [0.1, 0.15) is 11.2 Å². The molecule has 0 bridgehead atoms. The minimum absolute atomic E-state index is 0.231. The Hall–Kier alpha value is -4.36. The summed E-state index contributed by atoms with van der Waals surface area (Å²) in [6.45, 7) is 2.23. The number of rotatable bonds is 3. The van der Waals surface area contributed by atoms with Crippen molar-refractivity contribution in [2.75, 3.05) is 0 Å². The maximum atomic E-state index is 6.38. The van der Waals surface area contributed by atoms with Gasteiger partial charge in [-0.1, -0.05) is 126 Å². The van der Waals surface area contributed by atoms with Crippen LogP contribution in [0.15, 0.2) is 137 Å². The van der Waals surface area contributed by atoms with Gasteiger partial charge in [-0.15, -0.1) is 0 Å². The first-order chi connectivity index (χ1) is 19.2. The molecule has 3 aliphatic rings. The van der Waals surface area contributed by atoms with E-state index in [0.29, 0.717) is 5.92 Å². The molecule has 2 unspecified atom stereocenters. The van der Waals surface area contributed by atoms with Crippen molar-refractivity contribution >= 4 is 21.9 Å². The predicted molar refractivity (Wildman–Crippen MR) is 162 cm³/mol. The van der Waals surface area contributed by atoms with Gasteiger partial charge < -0.3 is 4.42 Å². The highest BCUT2D eigenvalue weighted by Gasteiger charge is 2.51. The fourth-order valence-corrected chi connectivity index (χ4v) is 7.42. The molecular weight excluding hydrogens is 472 g/mol. The number of hydrogen-bond acceptors (Lipinski definition) is 1. The molecule has 0 saturated heterocycles. The third-order valence-corrected chi connectivity index (χ3v) is 9.11. The van der Waals surface area contributed by atoms with E-state index in [1.807, 2.05) is 6.07 Å². The minimum Gasteiger partial charge on any atom is -0.455 e. The Bertz CT molecular complexity index is 1890. The van der Waals surface area contributed by atoms with Crippen LogP contribution in [0.1, 0.15) is 47.4 Å². The van der Waals surface area contributed by atoms with Crippen molar-refractivity contribution in [2.45, 2.75) is 37.5 Å². The number of aryl methyl sites for hydroxylation is 1. The SMILES string of the molecule is Cc1ccc2c(c1)C(C1=CC=CCC1)(c1ccc(-c3cccc4c3oc3ccccc34)cc1)C1=CC=CCC12. The van der Waals surface area contributed by atoms with E-state index in [0.717, 1.165) is 36.0 Å². The van der Waals surface area contributed by atoms with Gasteiger partial charge in [0.25, 0.3) is 0 Å². The van der Waals surface area contributed by atoms with Crippen LogP contribution in [0.4, 0.5) is 0 Å². The molecule has 0 aliphatic heterocycles. The van der Waals surface area contributed by atoms with Gasteiger partial charge in [0.2, 0.25) is 0 Å². The molecule has 4 aromatic carbocycles. The highest BCUT2D eigenvalue weighted by atomic mass is 16.3. The number of furan rings is 1. The van der Waals surface area contributed by atoms with Crippen LogP contribution in [0.2, 0.25) is 0 Å². The lowest BCUT2D eigenvalue weighted by molar-refractivity contribution is 0.647. The Morgan fingerprint density at radius 3 is 2.51 bits per heavy atom. The van der Waals surface area contributed by atoms with Gasteiger partial charge in [0.05, 0.1) is 5.41 Å². The molecule has 1 heterocycles. The molecule has 3 aliphatic carbocycles. The van der Waals surface area contributed by atoms with Crippen molar-refractivity contribution in [3.05, 3.63) is 155 Å². The maximum Gasteiger partial charge on any atom is 0.143 e. The summed E-state index contributed by atoms with van der Waals surface area (Å²) in [6.07, 6.45) is 17.2. The molecule has 0 spiro atoms. The molecule has 0 N–H and O–H groups in total. The van der Waals surface area contributed by atoms with Crippen LogP contribution in [0.3, 0.4) is 0 Å². The first-order valence-electron chi connectivity index (χ1n) is 14.1. The van der Waals surface area contributed by atoms with E-state index in [9.17, 15) is 0 Å². The highest BCUT2D eigenvalue weighted by Crippen LogP contribution is 2.60. The Balaban J connectivity index is 1.35. The number of benzene rings is 4. The number of allylic oxidation sites excluding steroid dienone is 8. The zero-order valence-corrected chi connectivity index (χ0v) is 22.2. The summed E-state index contributed by atoms with van der Waals surface area (Å²) in [5, 5.41) is 2.34. The van der Waals surface area contributed by atoms with E-state index < -0.39 is 0 Å². The third kappa shape index (κ3) is 3.20. The smallest absolute Gasteiger partial charge is 0.143 e. The fraction of sp³-hybridized carbons (Fsp3) is 0.158. The topological polar surface area (TPSA) is 13.1 Å². The molecule has 0 saturated carbocycles. The van der Waals surface area contributed by atoms with Gasteiger partial charge in [-0.05, 0) is 60.1 Å². The molecule has 0 amide bonds. The van der Waals surface area contributed by atoms with Gasteiger partial charge in [-0.2, -0.15) is 0 Å². The second-order valence-electron chi connectivity index (χ2n) is 11.2. The lowest BCUT2D eigenvalue weighted by atomic mass is 9.64. The van der Waals surface area contributed by atoms with Crippen molar-refractivity contribution < 1.29 is 4.42 Å². The predicted octanol–water partition coefficient (Wildman–Crippen LogP) is 10.1. The Morgan fingerprint density at radius 1 is 0.795 bits per heavy atom. The second-order valence-corrected chi connectivity index (χ2v) is 11.2. The lowest BCUT2D eigenvalue weighted by Gasteiger charge is -2.38.